The molecule has 0 saturated carbocycles. The molecule has 0 unspecified atom stereocenters. The lowest BCUT2D eigenvalue weighted by atomic mass is 10.1. The first kappa shape index (κ1) is 13.1. The molecule has 0 N–H and O–H groups in total. The van der Waals surface area contributed by atoms with Crippen LogP contribution in [0.25, 0.3) is 0 Å². The van der Waals surface area contributed by atoms with Crippen molar-refractivity contribution in [3.8, 4) is 0 Å². The van der Waals surface area contributed by atoms with Crippen LogP contribution in [0.4, 0.5) is 5.69 Å². The number of nitrogens with zero attached hydrogens (tertiary/aromatic N) is 1. The molecule has 0 bridgehead atoms. The Bertz CT molecular complexity index is 710. The monoisotopic (exact) mass is 329 g/mol. The van der Waals surface area contributed by atoms with Gasteiger partial charge in [-0.25, -0.2) is 0 Å². The Labute approximate surface area is 125 Å². The van der Waals surface area contributed by atoms with E-state index in [4.69, 9.17) is 0 Å². The highest BCUT2D eigenvalue weighted by atomic mass is 79.9. The van der Waals surface area contributed by atoms with Gasteiger partial charge in [0.05, 0.1) is 17.8 Å². The molecule has 0 aromatic heterocycles. The summed E-state index contributed by atoms with van der Waals surface area (Å²) in [7, 11) is 0. The van der Waals surface area contributed by atoms with Crippen molar-refractivity contribution in [3.05, 3.63) is 63.6 Å². The minimum Gasteiger partial charge on any atom is -0.300 e. The van der Waals surface area contributed by atoms with Crippen LogP contribution in [0.5, 0.6) is 0 Å². The quantitative estimate of drug-likeness (QED) is 0.791. The minimum atomic E-state index is -0.454. The van der Waals surface area contributed by atoms with E-state index in [0.29, 0.717) is 12.1 Å². The number of hydrogen-bond acceptors (Lipinski definition) is 2. The second-order valence-corrected chi connectivity index (χ2v) is 5.74. The van der Waals surface area contributed by atoms with Crippen molar-refractivity contribution >= 4 is 33.3 Å². The van der Waals surface area contributed by atoms with E-state index in [-0.39, 0.29) is 0 Å². The first-order chi connectivity index (χ1) is 9.58. The summed E-state index contributed by atoms with van der Waals surface area (Å²) in [5, 5.41) is 0. The topological polar surface area (TPSA) is 37.4 Å². The third-order valence-corrected chi connectivity index (χ3v) is 3.86. The standard InChI is InChI=1S/C16H12BrNO2/c1-10-7-12(17)8-13-14(10)18(16(20)15(13)19)9-11-5-3-2-4-6-11/h2-8H,9H2,1H3. The maximum Gasteiger partial charge on any atom is 0.299 e. The molecule has 1 aliphatic heterocycles. The summed E-state index contributed by atoms with van der Waals surface area (Å²) in [6, 6.07) is 13.3. The van der Waals surface area contributed by atoms with E-state index < -0.39 is 11.7 Å². The van der Waals surface area contributed by atoms with Crippen LogP contribution >= 0.6 is 15.9 Å². The van der Waals surface area contributed by atoms with Crippen molar-refractivity contribution in [1.29, 1.82) is 0 Å². The Morgan fingerprint density at radius 3 is 2.50 bits per heavy atom. The molecular weight excluding hydrogens is 318 g/mol. The van der Waals surface area contributed by atoms with Gasteiger partial charge < -0.3 is 4.90 Å². The maximum absolute atomic E-state index is 12.2. The van der Waals surface area contributed by atoms with Crippen LogP contribution in [0.15, 0.2) is 46.9 Å². The molecule has 1 amide bonds. The molecule has 2 aromatic carbocycles. The van der Waals surface area contributed by atoms with Gasteiger partial charge >= 0.3 is 0 Å². The van der Waals surface area contributed by atoms with Gasteiger partial charge in [0.25, 0.3) is 11.7 Å². The SMILES string of the molecule is Cc1cc(Br)cc2c1N(Cc1ccccc1)C(=O)C2=O. The fourth-order valence-corrected chi connectivity index (χ4v) is 3.10. The average Bonchev–Trinajstić information content (AvgIpc) is 2.65. The van der Waals surface area contributed by atoms with Crippen LogP contribution in [0.2, 0.25) is 0 Å². The van der Waals surface area contributed by atoms with Gasteiger partial charge in [0.1, 0.15) is 0 Å². The highest BCUT2D eigenvalue weighted by Crippen LogP contribution is 2.35. The predicted octanol–water partition coefficient (Wildman–Crippen LogP) is 3.49. The first-order valence-electron chi connectivity index (χ1n) is 6.28. The van der Waals surface area contributed by atoms with Crippen LogP contribution in [0.1, 0.15) is 21.5 Å². The van der Waals surface area contributed by atoms with Crippen LogP contribution in [-0.2, 0) is 11.3 Å². The Hall–Kier alpha value is -1.94. The molecule has 4 heteroatoms. The fraction of sp³-hybridized carbons (Fsp3) is 0.125. The molecule has 100 valence electrons. The molecule has 0 fully saturated rings. The number of ketones is 1. The van der Waals surface area contributed by atoms with Crippen LogP contribution in [-0.4, -0.2) is 11.7 Å². The van der Waals surface area contributed by atoms with Gasteiger partial charge in [-0.2, -0.15) is 0 Å². The van der Waals surface area contributed by atoms with Crippen molar-refractivity contribution in [1.82, 2.24) is 0 Å². The Morgan fingerprint density at radius 1 is 1.10 bits per heavy atom. The highest BCUT2D eigenvalue weighted by molar-refractivity contribution is 9.10. The number of carbonyl (C=O) groups excluding carboxylic acids is 2. The van der Waals surface area contributed by atoms with Gasteiger partial charge in [-0.15, -0.1) is 0 Å². The molecule has 0 radical (unpaired) electrons. The van der Waals surface area contributed by atoms with Gasteiger partial charge in [-0.1, -0.05) is 46.3 Å². The second-order valence-electron chi connectivity index (χ2n) is 4.82. The van der Waals surface area contributed by atoms with Crippen molar-refractivity contribution in [2.24, 2.45) is 0 Å². The lowest BCUT2D eigenvalue weighted by Gasteiger charge is -2.18. The van der Waals surface area contributed by atoms with Gasteiger partial charge in [0.15, 0.2) is 0 Å². The number of amides is 1. The summed E-state index contributed by atoms with van der Waals surface area (Å²) >= 11 is 3.37. The fourth-order valence-electron chi connectivity index (χ4n) is 2.52. The molecule has 0 saturated heterocycles. The molecule has 0 atom stereocenters. The summed E-state index contributed by atoms with van der Waals surface area (Å²) in [5.74, 6) is -0.884. The molecule has 0 aliphatic carbocycles. The van der Waals surface area contributed by atoms with Gasteiger partial charge in [-0.05, 0) is 30.2 Å². The summed E-state index contributed by atoms with van der Waals surface area (Å²) in [6.07, 6.45) is 0. The van der Waals surface area contributed by atoms with Crippen molar-refractivity contribution in [2.45, 2.75) is 13.5 Å². The summed E-state index contributed by atoms with van der Waals surface area (Å²) in [5.41, 5.74) is 3.14. The maximum atomic E-state index is 12.2. The molecule has 1 aliphatic rings. The highest BCUT2D eigenvalue weighted by Gasteiger charge is 2.37. The number of halogens is 1. The number of fused-ring (bicyclic) bond motifs is 1. The Morgan fingerprint density at radius 2 is 1.80 bits per heavy atom. The Kier molecular flexibility index (Phi) is 3.18. The van der Waals surface area contributed by atoms with Gasteiger partial charge in [0, 0.05) is 4.47 Å². The largest absolute Gasteiger partial charge is 0.300 e. The predicted molar refractivity (Wildman–Crippen MR) is 80.8 cm³/mol. The Balaban J connectivity index is 2.07. The molecule has 3 rings (SSSR count). The van der Waals surface area contributed by atoms with E-state index in [9.17, 15) is 9.59 Å². The number of Topliss-reactive ketones (excluding diaryl/α,β-unsaturated/α-hetero) is 1. The summed E-state index contributed by atoms with van der Waals surface area (Å²) in [6.45, 7) is 2.33. The van der Waals surface area contributed by atoms with Crippen molar-refractivity contribution in [2.75, 3.05) is 4.90 Å². The molecular formula is C16H12BrNO2. The molecule has 3 nitrogen and oxygen atoms in total. The smallest absolute Gasteiger partial charge is 0.299 e. The van der Waals surface area contributed by atoms with E-state index in [1.54, 1.807) is 11.0 Å². The molecule has 1 heterocycles. The molecule has 0 spiro atoms. The number of hydrogen-bond donors (Lipinski definition) is 0. The van der Waals surface area contributed by atoms with Gasteiger partial charge in [0.2, 0.25) is 0 Å². The summed E-state index contributed by atoms with van der Waals surface area (Å²) < 4.78 is 0.816. The van der Waals surface area contributed by atoms with Crippen LogP contribution in [0.3, 0.4) is 0 Å². The minimum absolute atomic E-state index is 0.418. The van der Waals surface area contributed by atoms with Crippen molar-refractivity contribution in [3.63, 3.8) is 0 Å². The van der Waals surface area contributed by atoms with E-state index in [0.717, 1.165) is 21.3 Å². The second kappa shape index (κ2) is 4.87. The number of rotatable bonds is 2. The third kappa shape index (κ3) is 2.06. The van der Waals surface area contributed by atoms with E-state index in [2.05, 4.69) is 15.9 Å². The zero-order valence-corrected chi connectivity index (χ0v) is 12.5. The van der Waals surface area contributed by atoms with Crippen LogP contribution < -0.4 is 4.90 Å². The first-order valence-corrected chi connectivity index (χ1v) is 7.07. The lowest BCUT2D eigenvalue weighted by molar-refractivity contribution is -0.114. The lowest BCUT2D eigenvalue weighted by Crippen LogP contribution is -2.29. The number of benzene rings is 2. The van der Waals surface area contributed by atoms with E-state index in [1.165, 1.54) is 0 Å². The normalized spacial score (nSPS) is 13.8. The third-order valence-electron chi connectivity index (χ3n) is 3.40. The van der Waals surface area contributed by atoms with Crippen LogP contribution in [0, 0.1) is 6.92 Å². The zero-order valence-electron chi connectivity index (χ0n) is 10.9. The molecule has 2 aromatic rings. The van der Waals surface area contributed by atoms with E-state index >= 15 is 0 Å². The van der Waals surface area contributed by atoms with Gasteiger partial charge in [-0.3, -0.25) is 9.59 Å². The van der Waals surface area contributed by atoms with E-state index in [1.807, 2.05) is 43.3 Å². The zero-order chi connectivity index (χ0) is 14.3. The summed E-state index contributed by atoms with van der Waals surface area (Å²) in [4.78, 5) is 25.8. The number of aryl methyl sites for hydroxylation is 1. The number of carbonyl (C=O) groups is 2. The molecule has 20 heavy (non-hydrogen) atoms. The number of anilines is 1. The van der Waals surface area contributed by atoms with Crippen molar-refractivity contribution < 1.29 is 9.59 Å². The average molecular weight is 330 g/mol.